The maximum Gasteiger partial charge on any atom is 0.389 e. The average molecular weight is 375 g/mol. The lowest BCUT2D eigenvalue weighted by Gasteiger charge is -2.21. The number of ether oxygens (including phenoxy) is 1. The van der Waals surface area contributed by atoms with Gasteiger partial charge in [0.05, 0.1) is 18.9 Å². The summed E-state index contributed by atoms with van der Waals surface area (Å²) in [4.78, 5) is 4.53. The minimum absolute atomic E-state index is 0.113. The molecule has 26 heavy (non-hydrogen) atoms. The Balaban J connectivity index is 1.73. The first-order chi connectivity index (χ1) is 12.5. The molecule has 0 spiro atoms. The van der Waals surface area contributed by atoms with Gasteiger partial charge in [-0.05, 0) is 44.2 Å². The number of furan rings is 1. The van der Waals surface area contributed by atoms with E-state index in [1.54, 1.807) is 6.26 Å². The molecule has 5 nitrogen and oxygen atoms in total. The van der Waals surface area contributed by atoms with Crippen LogP contribution in [0.15, 0.2) is 27.8 Å². The van der Waals surface area contributed by atoms with Crippen LogP contribution in [0.5, 0.6) is 0 Å². The van der Waals surface area contributed by atoms with E-state index >= 15 is 0 Å². The lowest BCUT2D eigenvalue weighted by molar-refractivity contribution is -0.135. The van der Waals surface area contributed by atoms with Gasteiger partial charge in [0.2, 0.25) is 0 Å². The Morgan fingerprint density at radius 3 is 2.73 bits per heavy atom. The molecule has 1 aromatic heterocycles. The first kappa shape index (κ1) is 20.6. The van der Waals surface area contributed by atoms with Gasteiger partial charge >= 0.3 is 6.18 Å². The Hall–Kier alpha value is -1.70. The van der Waals surface area contributed by atoms with Gasteiger partial charge in [0.1, 0.15) is 5.76 Å². The molecule has 1 unspecified atom stereocenters. The number of halogens is 3. The molecule has 0 amide bonds. The van der Waals surface area contributed by atoms with Crippen molar-refractivity contribution < 1.29 is 22.3 Å². The molecule has 1 fully saturated rings. The third-order valence-corrected chi connectivity index (χ3v) is 4.15. The molecule has 0 bridgehead atoms. The van der Waals surface area contributed by atoms with Crippen LogP contribution < -0.4 is 10.6 Å². The molecule has 0 radical (unpaired) electrons. The molecule has 2 rings (SSSR count). The van der Waals surface area contributed by atoms with Crippen LogP contribution in [0.4, 0.5) is 13.2 Å². The highest BCUT2D eigenvalue weighted by atomic mass is 19.4. The Morgan fingerprint density at radius 1 is 1.19 bits per heavy atom. The minimum atomic E-state index is -4.09. The van der Waals surface area contributed by atoms with Crippen LogP contribution in [0.3, 0.4) is 0 Å². The minimum Gasteiger partial charge on any atom is -0.469 e. The number of rotatable bonds is 9. The summed E-state index contributed by atoms with van der Waals surface area (Å²) in [6.07, 6.45) is 1.41. The molecule has 1 aliphatic heterocycles. The summed E-state index contributed by atoms with van der Waals surface area (Å²) in [6.45, 7) is 2.41. The van der Waals surface area contributed by atoms with Crippen molar-refractivity contribution >= 4 is 5.96 Å². The van der Waals surface area contributed by atoms with Crippen molar-refractivity contribution in [3.05, 3.63) is 24.2 Å². The Labute approximate surface area is 152 Å². The molecule has 1 aliphatic rings. The van der Waals surface area contributed by atoms with Crippen molar-refractivity contribution in [2.75, 3.05) is 26.2 Å². The number of hydrogen-bond donors (Lipinski definition) is 2. The number of guanidine groups is 1. The summed E-state index contributed by atoms with van der Waals surface area (Å²) in [5.41, 5.74) is 0. The third kappa shape index (κ3) is 9.12. The van der Waals surface area contributed by atoms with Gasteiger partial charge in [-0.25, -0.2) is 0 Å². The molecule has 1 aromatic rings. The van der Waals surface area contributed by atoms with E-state index in [0.717, 1.165) is 31.6 Å². The van der Waals surface area contributed by atoms with Crippen molar-refractivity contribution in [3.63, 3.8) is 0 Å². The number of nitrogens with one attached hydrogen (secondary N) is 2. The van der Waals surface area contributed by atoms with Gasteiger partial charge in [-0.3, -0.25) is 4.99 Å². The maximum atomic E-state index is 12.2. The van der Waals surface area contributed by atoms with E-state index in [2.05, 4.69) is 15.6 Å². The highest BCUT2D eigenvalue weighted by Gasteiger charge is 2.25. The van der Waals surface area contributed by atoms with Gasteiger partial charge in [-0.15, -0.1) is 0 Å². The van der Waals surface area contributed by atoms with E-state index in [-0.39, 0.29) is 12.5 Å². The molecular weight excluding hydrogens is 347 g/mol. The Kier molecular flexibility index (Phi) is 8.80. The van der Waals surface area contributed by atoms with Gasteiger partial charge in [0.15, 0.2) is 5.96 Å². The van der Waals surface area contributed by atoms with E-state index in [1.807, 2.05) is 12.1 Å². The van der Waals surface area contributed by atoms with Crippen LogP contribution in [0.1, 0.15) is 44.3 Å². The topological polar surface area (TPSA) is 58.8 Å². The van der Waals surface area contributed by atoms with Crippen molar-refractivity contribution in [2.24, 2.45) is 4.99 Å². The van der Waals surface area contributed by atoms with E-state index in [0.29, 0.717) is 38.4 Å². The molecule has 1 atom stereocenters. The monoisotopic (exact) mass is 375 g/mol. The molecule has 8 heteroatoms. The van der Waals surface area contributed by atoms with Crippen molar-refractivity contribution in [3.8, 4) is 0 Å². The van der Waals surface area contributed by atoms with Gasteiger partial charge in [-0.2, -0.15) is 13.2 Å². The fourth-order valence-corrected chi connectivity index (χ4v) is 2.73. The summed E-state index contributed by atoms with van der Waals surface area (Å²) in [7, 11) is 0. The maximum absolute atomic E-state index is 12.2. The summed E-state index contributed by atoms with van der Waals surface area (Å²) in [5, 5.41) is 6.32. The Bertz CT molecular complexity index is 512. The van der Waals surface area contributed by atoms with Gasteiger partial charge < -0.3 is 19.8 Å². The van der Waals surface area contributed by atoms with Crippen LogP contribution in [-0.2, 0) is 11.2 Å². The fraction of sp³-hybridized carbons (Fsp3) is 0.722. The summed E-state index contributed by atoms with van der Waals surface area (Å²) >= 11 is 0. The van der Waals surface area contributed by atoms with Crippen LogP contribution in [0, 0.1) is 0 Å². The van der Waals surface area contributed by atoms with E-state index in [4.69, 9.17) is 9.15 Å². The molecule has 2 heterocycles. The van der Waals surface area contributed by atoms with Gasteiger partial charge in [0, 0.05) is 32.5 Å². The average Bonchev–Trinajstić information content (AvgIpc) is 3.12. The number of nitrogens with zero attached hydrogens (tertiary/aromatic N) is 1. The molecule has 148 valence electrons. The first-order valence-electron chi connectivity index (χ1n) is 9.26. The molecule has 2 N–H and O–H groups in total. The van der Waals surface area contributed by atoms with Crippen molar-refractivity contribution in [2.45, 2.75) is 57.2 Å². The molecular formula is C18H28F3N3O2. The predicted molar refractivity (Wildman–Crippen MR) is 94.2 cm³/mol. The smallest absolute Gasteiger partial charge is 0.389 e. The molecule has 0 aliphatic carbocycles. The lowest BCUT2D eigenvalue weighted by Crippen LogP contribution is -2.39. The quantitative estimate of drug-likeness (QED) is 0.393. The second-order valence-corrected chi connectivity index (χ2v) is 6.43. The summed E-state index contributed by atoms with van der Waals surface area (Å²) in [6, 6.07) is 3.74. The molecule has 1 saturated heterocycles. The van der Waals surface area contributed by atoms with Gasteiger partial charge in [-0.1, -0.05) is 0 Å². The van der Waals surface area contributed by atoms with E-state index in [1.165, 1.54) is 0 Å². The largest absolute Gasteiger partial charge is 0.469 e. The van der Waals surface area contributed by atoms with Crippen molar-refractivity contribution in [1.82, 2.24) is 10.6 Å². The lowest BCUT2D eigenvalue weighted by atomic mass is 10.1. The standard InChI is InChI=1S/C18H28F3N3O2/c19-18(20,21)9-2-3-10-22-17(23-11-8-15-7-5-13-25-15)24-14-16-6-1-4-12-26-16/h5,7,13,16H,1-4,6,8-12,14H2,(H2,22,23,24). The van der Waals surface area contributed by atoms with Crippen LogP contribution in [0.2, 0.25) is 0 Å². The zero-order valence-corrected chi connectivity index (χ0v) is 15.0. The fourth-order valence-electron chi connectivity index (χ4n) is 2.73. The second-order valence-electron chi connectivity index (χ2n) is 6.43. The van der Waals surface area contributed by atoms with E-state index in [9.17, 15) is 13.2 Å². The highest BCUT2D eigenvalue weighted by Crippen LogP contribution is 2.21. The zero-order valence-electron chi connectivity index (χ0n) is 15.0. The number of hydrogen-bond acceptors (Lipinski definition) is 3. The first-order valence-corrected chi connectivity index (χ1v) is 9.26. The van der Waals surface area contributed by atoms with E-state index < -0.39 is 12.6 Å². The summed E-state index contributed by atoms with van der Waals surface area (Å²) < 4.78 is 47.5. The van der Waals surface area contributed by atoms with Gasteiger partial charge in [0.25, 0.3) is 0 Å². The second kappa shape index (κ2) is 11.1. The number of unbranched alkanes of at least 4 members (excludes halogenated alkanes) is 1. The molecule has 0 saturated carbocycles. The number of alkyl halides is 3. The number of aliphatic imine (C=N–C) groups is 1. The van der Waals surface area contributed by atoms with Crippen LogP contribution in [-0.4, -0.2) is 44.5 Å². The normalized spacial score (nSPS) is 18.7. The zero-order chi connectivity index (χ0) is 18.7. The van der Waals surface area contributed by atoms with Crippen LogP contribution >= 0.6 is 0 Å². The molecule has 0 aromatic carbocycles. The third-order valence-electron chi connectivity index (χ3n) is 4.15. The van der Waals surface area contributed by atoms with Crippen molar-refractivity contribution in [1.29, 1.82) is 0 Å². The van der Waals surface area contributed by atoms with Crippen LogP contribution in [0.25, 0.3) is 0 Å². The predicted octanol–water partition coefficient (Wildman–Crippen LogP) is 3.66. The SMILES string of the molecule is FC(F)(F)CCCCNC(=NCC1CCCCO1)NCCc1ccco1. The highest BCUT2D eigenvalue weighted by molar-refractivity contribution is 5.79. The summed E-state index contributed by atoms with van der Waals surface area (Å²) in [5.74, 6) is 1.48. The Morgan fingerprint density at radius 2 is 2.04 bits per heavy atom.